The van der Waals surface area contributed by atoms with Crippen molar-refractivity contribution in [3.8, 4) is 0 Å². The van der Waals surface area contributed by atoms with Crippen LogP contribution in [0.5, 0.6) is 0 Å². The molecule has 3 nitrogen and oxygen atoms in total. The zero-order chi connectivity index (χ0) is 12.0. The molecule has 4 heteroatoms. The van der Waals surface area contributed by atoms with E-state index >= 15 is 0 Å². The van der Waals surface area contributed by atoms with Crippen LogP contribution in [0, 0.1) is 0 Å². The Hall–Kier alpha value is -1.74. The van der Waals surface area contributed by atoms with Gasteiger partial charge in [-0.25, -0.2) is 4.79 Å². The molecule has 0 aromatic heterocycles. The minimum atomic E-state index is -1.09. The third-order valence-electron chi connectivity index (χ3n) is 1.84. The first-order valence-corrected chi connectivity index (χ1v) is 4.92. The van der Waals surface area contributed by atoms with Crippen molar-refractivity contribution in [3.63, 3.8) is 0 Å². The van der Waals surface area contributed by atoms with Crippen LogP contribution in [0.2, 0.25) is 5.02 Å². The second-order valence-corrected chi connectivity index (χ2v) is 3.39. The van der Waals surface area contributed by atoms with Crippen LogP contribution in [-0.4, -0.2) is 18.2 Å². The van der Waals surface area contributed by atoms with Crippen LogP contribution in [-0.2, 0) is 9.53 Å². The van der Waals surface area contributed by atoms with E-state index in [9.17, 15) is 4.79 Å². The van der Waals surface area contributed by atoms with E-state index in [2.05, 4.69) is 4.74 Å². The number of hydrogen-bond donors (Lipinski definition) is 1. The fraction of sp³-hybridized carbons (Fsp3) is 0.0833. The van der Waals surface area contributed by atoms with Gasteiger partial charge in [0.2, 0.25) is 5.76 Å². The van der Waals surface area contributed by atoms with Crippen LogP contribution < -0.4 is 0 Å². The molecule has 0 saturated heterocycles. The Morgan fingerprint density at radius 2 is 2.00 bits per heavy atom. The molecule has 0 heterocycles. The summed E-state index contributed by atoms with van der Waals surface area (Å²) < 4.78 is 4.66. The molecule has 0 spiro atoms. The number of ether oxygens (including phenoxy) is 1. The molecule has 0 saturated carbocycles. The van der Waals surface area contributed by atoms with Crippen LogP contribution >= 0.6 is 11.6 Å². The number of hydrogen-bond acceptors (Lipinski definition) is 2. The maximum Gasteiger partial charge on any atom is 0.371 e. The average Bonchev–Trinajstić information content (AvgIpc) is 2.26. The smallest absolute Gasteiger partial charge is 0.371 e. The van der Waals surface area contributed by atoms with E-state index < -0.39 is 5.97 Å². The summed E-state index contributed by atoms with van der Waals surface area (Å²) in [6, 6.07) is 7.19. The molecule has 0 aliphatic heterocycles. The van der Waals surface area contributed by atoms with Crippen molar-refractivity contribution >= 4 is 23.6 Å². The number of allylic oxidation sites excluding steroid dienone is 2. The second kappa shape index (κ2) is 5.98. The van der Waals surface area contributed by atoms with Crippen molar-refractivity contribution in [1.82, 2.24) is 0 Å². The van der Waals surface area contributed by atoms with Gasteiger partial charge in [-0.3, -0.25) is 0 Å². The normalized spacial score (nSPS) is 11.8. The van der Waals surface area contributed by atoms with Gasteiger partial charge in [0, 0.05) is 5.02 Å². The SMILES string of the molecule is CO/C(=C/C=C/c1ccc(Cl)cc1)C(=O)O. The number of methoxy groups -OCH3 is 1. The highest BCUT2D eigenvalue weighted by Crippen LogP contribution is 2.10. The third kappa shape index (κ3) is 3.79. The minimum absolute atomic E-state index is 0.106. The van der Waals surface area contributed by atoms with E-state index in [1.54, 1.807) is 24.3 Å². The number of halogens is 1. The Morgan fingerprint density at radius 3 is 2.50 bits per heavy atom. The molecule has 0 amide bonds. The first-order valence-electron chi connectivity index (χ1n) is 4.54. The topological polar surface area (TPSA) is 46.5 Å². The molecule has 0 aliphatic rings. The number of aliphatic carboxylic acids is 1. The van der Waals surface area contributed by atoms with E-state index in [0.717, 1.165) is 5.56 Å². The van der Waals surface area contributed by atoms with Crippen LogP contribution in [0.1, 0.15) is 5.56 Å². The standard InChI is InChI=1S/C12H11ClO3/c1-16-11(12(14)15)4-2-3-9-5-7-10(13)8-6-9/h2-8H,1H3,(H,14,15)/b3-2+,11-4+. The molecule has 84 valence electrons. The zero-order valence-corrected chi connectivity index (χ0v) is 9.44. The summed E-state index contributed by atoms with van der Waals surface area (Å²) in [5, 5.41) is 9.32. The summed E-state index contributed by atoms with van der Waals surface area (Å²) in [6.45, 7) is 0. The highest BCUT2D eigenvalue weighted by atomic mass is 35.5. The molecule has 0 unspecified atom stereocenters. The quantitative estimate of drug-likeness (QED) is 0.498. The maximum absolute atomic E-state index is 10.6. The molecule has 0 fully saturated rings. The predicted molar refractivity (Wildman–Crippen MR) is 63.2 cm³/mol. The van der Waals surface area contributed by atoms with Gasteiger partial charge in [0.1, 0.15) is 0 Å². The lowest BCUT2D eigenvalue weighted by Crippen LogP contribution is -2.01. The van der Waals surface area contributed by atoms with Gasteiger partial charge in [-0.1, -0.05) is 35.9 Å². The van der Waals surface area contributed by atoms with Gasteiger partial charge in [-0.2, -0.15) is 0 Å². The zero-order valence-electron chi connectivity index (χ0n) is 8.68. The van der Waals surface area contributed by atoms with Gasteiger partial charge in [-0.05, 0) is 23.8 Å². The van der Waals surface area contributed by atoms with Crippen molar-refractivity contribution in [3.05, 3.63) is 52.8 Å². The Kier molecular flexibility index (Phi) is 4.61. The Morgan fingerprint density at radius 1 is 1.38 bits per heavy atom. The molecular weight excluding hydrogens is 228 g/mol. The van der Waals surface area contributed by atoms with Gasteiger partial charge < -0.3 is 9.84 Å². The van der Waals surface area contributed by atoms with Gasteiger partial charge in [0.05, 0.1) is 7.11 Å². The molecule has 16 heavy (non-hydrogen) atoms. The van der Waals surface area contributed by atoms with Crippen molar-refractivity contribution in [2.24, 2.45) is 0 Å². The highest BCUT2D eigenvalue weighted by Gasteiger charge is 2.03. The highest BCUT2D eigenvalue weighted by molar-refractivity contribution is 6.30. The fourth-order valence-electron chi connectivity index (χ4n) is 1.05. The van der Waals surface area contributed by atoms with Gasteiger partial charge in [-0.15, -0.1) is 0 Å². The van der Waals surface area contributed by atoms with Crippen LogP contribution in [0.15, 0.2) is 42.2 Å². The van der Waals surface area contributed by atoms with Crippen LogP contribution in [0.25, 0.3) is 6.08 Å². The molecule has 0 aliphatic carbocycles. The van der Waals surface area contributed by atoms with Crippen molar-refractivity contribution in [2.45, 2.75) is 0 Å². The summed E-state index contributed by atoms with van der Waals surface area (Å²) >= 11 is 5.73. The fourth-order valence-corrected chi connectivity index (χ4v) is 1.17. The van der Waals surface area contributed by atoms with E-state index in [1.165, 1.54) is 13.2 Å². The summed E-state index contributed by atoms with van der Waals surface area (Å²) in [5.74, 6) is -1.20. The van der Waals surface area contributed by atoms with E-state index in [-0.39, 0.29) is 5.76 Å². The van der Waals surface area contributed by atoms with Crippen molar-refractivity contribution in [2.75, 3.05) is 7.11 Å². The summed E-state index contributed by atoms with van der Waals surface area (Å²) in [7, 11) is 1.32. The molecule has 1 N–H and O–H groups in total. The number of rotatable bonds is 4. The number of carboxylic acids is 1. The Labute approximate surface area is 98.6 Å². The number of carbonyl (C=O) groups is 1. The lowest BCUT2D eigenvalue weighted by molar-refractivity contribution is -0.136. The molecule has 0 radical (unpaired) electrons. The monoisotopic (exact) mass is 238 g/mol. The lowest BCUT2D eigenvalue weighted by atomic mass is 10.2. The van der Waals surface area contributed by atoms with Gasteiger partial charge in [0.15, 0.2) is 0 Å². The Bertz CT molecular complexity index is 418. The van der Waals surface area contributed by atoms with Gasteiger partial charge >= 0.3 is 5.97 Å². The number of carboxylic acid groups (broad SMARTS) is 1. The molecule has 1 rings (SSSR count). The molecule has 0 atom stereocenters. The summed E-state index contributed by atoms with van der Waals surface area (Å²) in [4.78, 5) is 10.6. The van der Waals surface area contributed by atoms with Crippen LogP contribution in [0.3, 0.4) is 0 Å². The van der Waals surface area contributed by atoms with E-state index in [4.69, 9.17) is 16.7 Å². The van der Waals surface area contributed by atoms with E-state index in [0.29, 0.717) is 5.02 Å². The van der Waals surface area contributed by atoms with Crippen molar-refractivity contribution in [1.29, 1.82) is 0 Å². The number of benzene rings is 1. The first-order chi connectivity index (χ1) is 7.63. The minimum Gasteiger partial charge on any atom is -0.490 e. The third-order valence-corrected chi connectivity index (χ3v) is 2.09. The molecule has 1 aromatic rings. The summed E-state index contributed by atoms with van der Waals surface area (Å²) in [5.41, 5.74) is 0.932. The second-order valence-electron chi connectivity index (χ2n) is 2.95. The van der Waals surface area contributed by atoms with E-state index in [1.807, 2.05) is 12.1 Å². The van der Waals surface area contributed by atoms with Gasteiger partial charge in [0.25, 0.3) is 0 Å². The maximum atomic E-state index is 10.6. The molecule has 1 aromatic carbocycles. The largest absolute Gasteiger partial charge is 0.490 e. The van der Waals surface area contributed by atoms with Crippen LogP contribution in [0.4, 0.5) is 0 Å². The Balaban J connectivity index is 2.74. The average molecular weight is 239 g/mol. The van der Waals surface area contributed by atoms with Crippen molar-refractivity contribution < 1.29 is 14.6 Å². The lowest BCUT2D eigenvalue weighted by Gasteiger charge is -1.97. The predicted octanol–water partition coefficient (Wildman–Crippen LogP) is 2.97. The first kappa shape index (κ1) is 12.3. The molecular formula is C12H11ClO3. The molecule has 0 bridgehead atoms. The summed E-state index contributed by atoms with van der Waals surface area (Å²) in [6.07, 6.45) is 4.76.